The van der Waals surface area contributed by atoms with Crippen LogP contribution >= 0.6 is 0 Å². The van der Waals surface area contributed by atoms with E-state index in [0.717, 1.165) is 0 Å². The lowest BCUT2D eigenvalue weighted by molar-refractivity contribution is 0.571. The summed E-state index contributed by atoms with van der Waals surface area (Å²) < 4.78 is 39.5. The van der Waals surface area contributed by atoms with Gasteiger partial charge in [-0.1, -0.05) is 0 Å². The number of hydrogen-bond donors (Lipinski definition) is 2. The highest BCUT2D eigenvalue weighted by Gasteiger charge is 2.20. The van der Waals surface area contributed by atoms with Gasteiger partial charge >= 0.3 is 0 Å². The molecule has 1 aromatic rings. The predicted octanol–water partition coefficient (Wildman–Crippen LogP) is 1.07. The number of aryl methyl sites for hydroxylation is 2. The second kappa shape index (κ2) is 5.12. The highest BCUT2D eigenvalue weighted by Crippen LogP contribution is 2.20. The van der Waals surface area contributed by atoms with Crippen molar-refractivity contribution in [1.82, 2.24) is 4.72 Å². The Labute approximate surface area is 101 Å². The van der Waals surface area contributed by atoms with Crippen LogP contribution in [0.25, 0.3) is 0 Å². The maximum Gasteiger partial charge on any atom is 0.241 e. The van der Waals surface area contributed by atoms with Crippen LogP contribution in [0, 0.1) is 19.7 Å². The Morgan fingerprint density at radius 2 is 1.82 bits per heavy atom. The lowest BCUT2D eigenvalue weighted by atomic mass is 10.1. The van der Waals surface area contributed by atoms with Crippen molar-refractivity contribution < 1.29 is 12.8 Å². The average Bonchev–Trinajstić information content (AvgIpc) is 2.12. The van der Waals surface area contributed by atoms with Crippen LogP contribution in [0.2, 0.25) is 0 Å². The zero-order valence-electron chi connectivity index (χ0n) is 10.1. The van der Waals surface area contributed by atoms with Crippen LogP contribution in [0.3, 0.4) is 0 Å². The van der Waals surface area contributed by atoms with E-state index in [4.69, 9.17) is 5.73 Å². The third-order valence-corrected chi connectivity index (χ3v) is 4.02. The van der Waals surface area contributed by atoms with Gasteiger partial charge < -0.3 is 5.73 Å². The van der Waals surface area contributed by atoms with Crippen molar-refractivity contribution in [3.05, 3.63) is 29.1 Å². The average molecular weight is 260 g/mol. The van der Waals surface area contributed by atoms with E-state index in [1.165, 1.54) is 12.1 Å². The summed E-state index contributed by atoms with van der Waals surface area (Å²) in [7, 11) is -3.63. The number of rotatable bonds is 4. The minimum atomic E-state index is -3.63. The Morgan fingerprint density at radius 3 is 2.24 bits per heavy atom. The summed E-state index contributed by atoms with van der Waals surface area (Å²) in [5.41, 5.74) is 6.27. The van der Waals surface area contributed by atoms with Gasteiger partial charge in [0.1, 0.15) is 5.82 Å². The van der Waals surface area contributed by atoms with Crippen molar-refractivity contribution in [1.29, 1.82) is 0 Å². The molecule has 0 fully saturated rings. The van der Waals surface area contributed by atoms with E-state index in [2.05, 4.69) is 4.72 Å². The van der Waals surface area contributed by atoms with Crippen molar-refractivity contribution >= 4 is 10.0 Å². The van der Waals surface area contributed by atoms with E-state index >= 15 is 0 Å². The molecule has 0 amide bonds. The SMILES string of the molecule is Cc1cc(F)cc(C)c1S(=O)(=O)NCC(C)N. The van der Waals surface area contributed by atoms with Gasteiger partial charge in [-0.05, 0) is 44.0 Å². The Hall–Kier alpha value is -0.980. The molecule has 3 N–H and O–H groups in total. The number of halogens is 1. The lowest BCUT2D eigenvalue weighted by Crippen LogP contribution is -2.35. The molecule has 1 unspecified atom stereocenters. The van der Waals surface area contributed by atoms with Gasteiger partial charge in [0, 0.05) is 12.6 Å². The highest BCUT2D eigenvalue weighted by molar-refractivity contribution is 7.89. The summed E-state index contributed by atoms with van der Waals surface area (Å²) in [4.78, 5) is 0.125. The van der Waals surface area contributed by atoms with Gasteiger partial charge in [0.15, 0.2) is 0 Å². The number of nitrogens with one attached hydrogen (secondary N) is 1. The molecule has 4 nitrogen and oxygen atoms in total. The quantitative estimate of drug-likeness (QED) is 0.850. The van der Waals surface area contributed by atoms with Crippen LogP contribution < -0.4 is 10.5 Å². The summed E-state index contributed by atoms with van der Waals surface area (Å²) in [6, 6.07) is 2.13. The first-order valence-corrected chi connectivity index (χ1v) is 6.74. The van der Waals surface area contributed by atoms with Crippen LogP contribution in [0.1, 0.15) is 18.1 Å². The fourth-order valence-electron chi connectivity index (χ4n) is 1.63. The van der Waals surface area contributed by atoms with Crippen molar-refractivity contribution in [2.45, 2.75) is 31.7 Å². The fraction of sp³-hybridized carbons (Fsp3) is 0.455. The summed E-state index contributed by atoms with van der Waals surface area (Å²) in [6.07, 6.45) is 0. The second-order valence-electron chi connectivity index (χ2n) is 4.20. The van der Waals surface area contributed by atoms with Crippen molar-refractivity contribution in [3.8, 4) is 0 Å². The Bertz CT molecular complexity index is 489. The molecule has 0 heterocycles. The van der Waals surface area contributed by atoms with E-state index in [-0.39, 0.29) is 17.5 Å². The highest BCUT2D eigenvalue weighted by atomic mass is 32.2. The van der Waals surface area contributed by atoms with Gasteiger partial charge in [-0.3, -0.25) is 0 Å². The minimum absolute atomic E-state index is 0.125. The van der Waals surface area contributed by atoms with Gasteiger partial charge in [0.05, 0.1) is 4.90 Å². The maximum atomic E-state index is 13.1. The molecule has 0 saturated heterocycles. The largest absolute Gasteiger partial charge is 0.327 e. The van der Waals surface area contributed by atoms with E-state index < -0.39 is 15.8 Å². The summed E-state index contributed by atoms with van der Waals surface area (Å²) in [5, 5.41) is 0. The zero-order valence-corrected chi connectivity index (χ0v) is 10.9. The molecule has 1 atom stereocenters. The molecule has 0 spiro atoms. The Morgan fingerprint density at radius 1 is 1.35 bits per heavy atom. The molecular weight excluding hydrogens is 243 g/mol. The monoisotopic (exact) mass is 260 g/mol. The lowest BCUT2D eigenvalue weighted by Gasteiger charge is -2.13. The molecule has 1 rings (SSSR count). The first-order valence-electron chi connectivity index (χ1n) is 5.26. The fourth-order valence-corrected chi connectivity index (χ4v) is 3.23. The molecule has 0 bridgehead atoms. The Balaban J connectivity index is 3.16. The van der Waals surface area contributed by atoms with E-state index in [0.29, 0.717) is 11.1 Å². The van der Waals surface area contributed by atoms with E-state index in [9.17, 15) is 12.8 Å². The summed E-state index contributed by atoms with van der Waals surface area (Å²) in [6.45, 7) is 4.98. The maximum absolute atomic E-state index is 13.1. The molecule has 0 aliphatic carbocycles. The third-order valence-electron chi connectivity index (χ3n) is 2.29. The number of hydrogen-bond acceptors (Lipinski definition) is 3. The molecule has 17 heavy (non-hydrogen) atoms. The van der Waals surface area contributed by atoms with Gasteiger partial charge in [0.2, 0.25) is 10.0 Å². The van der Waals surface area contributed by atoms with Crippen LogP contribution in [-0.4, -0.2) is 21.0 Å². The molecule has 6 heteroatoms. The van der Waals surface area contributed by atoms with E-state index in [1.54, 1.807) is 20.8 Å². The van der Waals surface area contributed by atoms with E-state index in [1.807, 2.05) is 0 Å². The van der Waals surface area contributed by atoms with Crippen molar-refractivity contribution in [3.63, 3.8) is 0 Å². The van der Waals surface area contributed by atoms with Crippen LogP contribution in [0.15, 0.2) is 17.0 Å². The van der Waals surface area contributed by atoms with Crippen LogP contribution in [-0.2, 0) is 10.0 Å². The molecule has 0 aliphatic heterocycles. The molecule has 1 aromatic carbocycles. The first-order chi connectivity index (χ1) is 7.74. The topological polar surface area (TPSA) is 72.2 Å². The molecule has 96 valence electrons. The summed E-state index contributed by atoms with van der Waals surface area (Å²) in [5.74, 6) is -0.439. The molecule has 0 aliphatic rings. The predicted molar refractivity (Wildman–Crippen MR) is 64.7 cm³/mol. The normalized spacial score (nSPS) is 13.7. The van der Waals surface area contributed by atoms with Crippen LogP contribution in [0.5, 0.6) is 0 Å². The Kier molecular flexibility index (Phi) is 4.24. The number of nitrogens with two attached hydrogens (primary N) is 1. The molecule has 0 saturated carbocycles. The number of sulfonamides is 1. The molecular formula is C11H17FN2O2S. The zero-order chi connectivity index (χ0) is 13.2. The minimum Gasteiger partial charge on any atom is -0.327 e. The van der Waals surface area contributed by atoms with Gasteiger partial charge in [-0.2, -0.15) is 0 Å². The van der Waals surface area contributed by atoms with Crippen LogP contribution in [0.4, 0.5) is 4.39 Å². The van der Waals surface area contributed by atoms with Crippen molar-refractivity contribution in [2.75, 3.05) is 6.54 Å². The third kappa shape index (κ3) is 3.49. The van der Waals surface area contributed by atoms with Gasteiger partial charge in [-0.15, -0.1) is 0 Å². The number of benzene rings is 1. The first kappa shape index (κ1) is 14.1. The standard InChI is InChI=1S/C11H17FN2O2S/c1-7-4-10(12)5-8(2)11(7)17(15,16)14-6-9(3)13/h4-5,9,14H,6,13H2,1-3H3. The van der Waals surface area contributed by atoms with Crippen molar-refractivity contribution in [2.24, 2.45) is 5.73 Å². The van der Waals surface area contributed by atoms with Gasteiger partial charge in [0.25, 0.3) is 0 Å². The second-order valence-corrected chi connectivity index (χ2v) is 5.90. The smallest absolute Gasteiger partial charge is 0.241 e. The molecule has 0 radical (unpaired) electrons. The van der Waals surface area contributed by atoms with Gasteiger partial charge in [-0.25, -0.2) is 17.5 Å². The molecule has 0 aromatic heterocycles. The summed E-state index contributed by atoms with van der Waals surface area (Å²) >= 11 is 0.